The molecule has 0 aliphatic rings. The van der Waals surface area contributed by atoms with Gasteiger partial charge in [-0.25, -0.2) is 19.9 Å². The first-order valence-corrected chi connectivity index (χ1v) is 19.1. The van der Waals surface area contributed by atoms with E-state index >= 15 is 0 Å². The molecule has 0 saturated heterocycles. The summed E-state index contributed by atoms with van der Waals surface area (Å²) in [5.41, 5.74) is 11.0. The Balaban J connectivity index is 1.20. The summed E-state index contributed by atoms with van der Waals surface area (Å²) in [5.74, 6) is 2.72. The maximum absolute atomic E-state index is 6.46. The van der Waals surface area contributed by atoms with Gasteiger partial charge in [0.1, 0.15) is 22.8 Å². The van der Waals surface area contributed by atoms with Crippen LogP contribution in [0.1, 0.15) is 11.4 Å². The second-order valence-corrected chi connectivity index (χ2v) is 14.2. The molecule has 57 heavy (non-hydrogen) atoms. The molecule has 0 amide bonds. The largest absolute Gasteiger partial charge is 0.456 e. The van der Waals surface area contributed by atoms with E-state index in [4.69, 9.17) is 24.4 Å². The highest BCUT2D eigenvalue weighted by atomic mass is 16.3. The Morgan fingerprint density at radius 2 is 1.04 bits per heavy atom. The third-order valence-corrected chi connectivity index (χ3v) is 10.7. The summed E-state index contributed by atoms with van der Waals surface area (Å²) >= 11 is 0. The molecule has 4 aromatic heterocycles. The van der Waals surface area contributed by atoms with Crippen molar-refractivity contribution in [2.75, 3.05) is 0 Å². The van der Waals surface area contributed by atoms with Crippen molar-refractivity contribution in [1.29, 1.82) is 0 Å². The van der Waals surface area contributed by atoms with E-state index in [0.717, 1.165) is 88.5 Å². The van der Waals surface area contributed by atoms with Crippen LogP contribution in [0.25, 0.3) is 94.6 Å². The van der Waals surface area contributed by atoms with Crippen molar-refractivity contribution in [2.45, 2.75) is 6.42 Å². The van der Waals surface area contributed by atoms with Gasteiger partial charge in [0.15, 0.2) is 11.6 Å². The van der Waals surface area contributed by atoms with Crippen LogP contribution in [0, 0.1) is 0 Å². The SMILES string of the molecule is c1ccc(-c2nc(Cc3cc(-c4ccccc4-c4ccccc4)cnc3-n3c4ccccc4c4ccc5oc6ccccc6c5c43)nc(-c3ccccc3)n2)cc1. The first-order chi connectivity index (χ1) is 28.3. The number of benzene rings is 7. The molecule has 6 heteroatoms. The molecule has 4 heterocycles. The van der Waals surface area contributed by atoms with Crippen LogP contribution in [0.3, 0.4) is 0 Å². The van der Waals surface area contributed by atoms with Crippen LogP contribution in [0.15, 0.2) is 193 Å². The van der Waals surface area contributed by atoms with Crippen molar-refractivity contribution in [3.05, 3.63) is 200 Å². The van der Waals surface area contributed by atoms with Crippen LogP contribution < -0.4 is 0 Å². The summed E-state index contributed by atoms with van der Waals surface area (Å²) in [6.45, 7) is 0. The van der Waals surface area contributed by atoms with Gasteiger partial charge < -0.3 is 4.42 Å². The molecule has 0 spiro atoms. The molecule has 6 nitrogen and oxygen atoms in total. The highest BCUT2D eigenvalue weighted by Gasteiger charge is 2.23. The Morgan fingerprint density at radius 1 is 0.456 bits per heavy atom. The molecule has 0 saturated carbocycles. The Labute approximate surface area is 328 Å². The molecule has 11 rings (SSSR count). The first-order valence-electron chi connectivity index (χ1n) is 19.1. The lowest BCUT2D eigenvalue weighted by Crippen LogP contribution is -2.08. The number of para-hydroxylation sites is 2. The summed E-state index contributed by atoms with van der Waals surface area (Å²) in [5, 5.41) is 4.40. The zero-order valence-electron chi connectivity index (χ0n) is 30.7. The Kier molecular flexibility index (Phi) is 7.78. The minimum Gasteiger partial charge on any atom is -0.456 e. The Bertz CT molecular complexity index is 3200. The van der Waals surface area contributed by atoms with E-state index in [0.29, 0.717) is 23.9 Å². The van der Waals surface area contributed by atoms with Gasteiger partial charge in [0.2, 0.25) is 0 Å². The summed E-state index contributed by atoms with van der Waals surface area (Å²) in [6.07, 6.45) is 2.41. The smallest absolute Gasteiger partial charge is 0.163 e. The second kappa shape index (κ2) is 13.6. The number of aromatic nitrogens is 5. The monoisotopic (exact) mass is 731 g/mol. The van der Waals surface area contributed by atoms with Crippen LogP contribution in [-0.4, -0.2) is 24.5 Å². The van der Waals surface area contributed by atoms with Crippen molar-refractivity contribution in [2.24, 2.45) is 0 Å². The number of rotatable bonds is 7. The summed E-state index contributed by atoms with van der Waals surface area (Å²) in [6, 6.07) is 62.6. The van der Waals surface area contributed by atoms with Gasteiger partial charge in [-0.15, -0.1) is 0 Å². The van der Waals surface area contributed by atoms with Crippen molar-refractivity contribution in [3.63, 3.8) is 0 Å². The van der Waals surface area contributed by atoms with E-state index in [-0.39, 0.29) is 0 Å². The summed E-state index contributed by atoms with van der Waals surface area (Å²) in [7, 11) is 0. The van der Waals surface area contributed by atoms with Gasteiger partial charge in [-0.05, 0) is 47.0 Å². The van der Waals surface area contributed by atoms with E-state index in [1.54, 1.807) is 0 Å². The quantitative estimate of drug-likeness (QED) is 0.163. The lowest BCUT2D eigenvalue weighted by molar-refractivity contribution is 0.669. The van der Waals surface area contributed by atoms with Gasteiger partial charge in [-0.3, -0.25) is 4.57 Å². The van der Waals surface area contributed by atoms with Crippen LogP contribution in [0.4, 0.5) is 0 Å². The Hall–Kier alpha value is -7.70. The number of furan rings is 1. The molecule has 0 atom stereocenters. The van der Waals surface area contributed by atoms with E-state index in [9.17, 15) is 0 Å². The second-order valence-electron chi connectivity index (χ2n) is 14.2. The zero-order chi connectivity index (χ0) is 37.7. The standard InChI is InChI=1S/C51H33N5O/c1-4-16-33(17-5-1)38-22-10-11-23-39(38)37-30-36(31-46-53-49(34-18-6-2-7-19-34)55-50(54-46)35-20-8-3-9-21-35)51(52-32-37)56-43-26-14-12-24-40(43)41-28-29-45-47(48(41)56)42-25-13-15-27-44(42)57-45/h1-30,32H,31H2. The van der Waals surface area contributed by atoms with Crippen molar-refractivity contribution < 1.29 is 4.42 Å². The number of fused-ring (bicyclic) bond motifs is 7. The van der Waals surface area contributed by atoms with Gasteiger partial charge >= 0.3 is 0 Å². The number of hydrogen-bond donors (Lipinski definition) is 0. The fourth-order valence-electron chi connectivity index (χ4n) is 8.17. The fraction of sp³-hybridized carbons (Fsp3) is 0.0196. The van der Waals surface area contributed by atoms with Crippen LogP contribution in [-0.2, 0) is 6.42 Å². The van der Waals surface area contributed by atoms with Gasteiger partial charge in [0, 0.05) is 51.0 Å². The van der Waals surface area contributed by atoms with Gasteiger partial charge in [-0.1, -0.05) is 152 Å². The molecule has 7 aromatic carbocycles. The van der Waals surface area contributed by atoms with Crippen LogP contribution in [0.2, 0.25) is 0 Å². The van der Waals surface area contributed by atoms with Crippen molar-refractivity contribution in [3.8, 4) is 50.8 Å². The predicted molar refractivity (Wildman–Crippen MR) is 230 cm³/mol. The van der Waals surface area contributed by atoms with Gasteiger partial charge in [-0.2, -0.15) is 0 Å². The first kappa shape index (κ1) is 32.7. The average Bonchev–Trinajstić information content (AvgIpc) is 3.83. The highest BCUT2D eigenvalue weighted by molar-refractivity contribution is 6.24. The van der Waals surface area contributed by atoms with Gasteiger partial charge in [0.25, 0.3) is 0 Å². The topological polar surface area (TPSA) is 69.6 Å². The maximum atomic E-state index is 6.46. The molecular formula is C51H33N5O. The highest BCUT2D eigenvalue weighted by Crippen LogP contribution is 2.42. The molecular weight excluding hydrogens is 699 g/mol. The van der Waals surface area contributed by atoms with E-state index in [2.05, 4.69) is 114 Å². The number of hydrogen-bond acceptors (Lipinski definition) is 5. The fourth-order valence-corrected chi connectivity index (χ4v) is 8.17. The van der Waals surface area contributed by atoms with Crippen molar-refractivity contribution >= 4 is 43.7 Å². The lowest BCUT2D eigenvalue weighted by atomic mass is 9.94. The van der Waals surface area contributed by atoms with E-state index in [1.807, 2.05) is 79.0 Å². The third kappa shape index (κ3) is 5.66. The molecule has 11 aromatic rings. The molecule has 0 aliphatic carbocycles. The van der Waals surface area contributed by atoms with Crippen LogP contribution >= 0.6 is 0 Å². The number of nitrogens with zero attached hydrogens (tertiary/aromatic N) is 5. The van der Waals surface area contributed by atoms with E-state index < -0.39 is 0 Å². The van der Waals surface area contributed by atoms with Crippen molar-refractivity contribution in [1.82, 2.24) is 24.5 Å². The average molecular weight is 732 g/mol. The predicted octanol–water partition coefficient (Wildman–Crippen LogP) is 12.5. The van der Waals surface area contributed by atoms with Gasteiger partial charge in [0.05, 0.1) is 16.4 Å². The molecule has 0 unspecified atom stereocenters. The molecule has 0 aliphatic heterocycles. The lowest BCUT2D eigenvalue weighted by Gasteiger charge is -2.16. The summed E-state index contributed by atoms with van der Waals surface area (Å²) < 4.78 is 8.77. The Morgan fingerprint density at radius 3 is 1.74 bits per heavy atom. The maximum Gasteiger partial charge on any atom is 0.163 e. The molecule has 0 N–H and O–H groups in total. The third-order valence-electron chi connectivity index (χ3n) is 10.7. The number of pyridine rings is 1. The summed E-state index contributed by atoms with van der Waals surface area (Å²) in [4.78, 5) is 20.7. The zero-order valence-corrected chi connectivity index (χ0v) is 30.7. The molecule has 0 fully saturated rings. The molecule has 268 valence electrons. The normalized spacial score (nSPS) is 11.6. The molecule has 0 radical (unpaired) electrons. The minimum atomic E-state index is 0.405. The van der Waals surface area contributed by atoms with Crippen LogP contribution in [0.5, 0.6) is 0 Å². The van der Waals surface area contributed by atoms with E-state index in [1.165, 1.54) is 0 Å². The minimum absolute atomic E-state index is 0.405. The molecule has 0 bridgehead atoms.